The lowest BCUT2D eigenvalue weighted by Gasteiger charge is -2.51. The Labute approximate surface area is 99.8 Å². The molecule has 1 N–H and O–H groups in total. The largest absolute Gasteiger partial charge is 0.324 e. The molecule has 3 aliphatic heterocycles. The van der Waals surface area contributed by atoms with E-state index in [1.165, 1.54) is 0 Å². The highest BCUT2D eigenvalue weighted by molar-refractivity contribution is 8.01. The fourth-order valence-electron chi connectivity index (χ4n) is 2.88. The van der Waals surface area contributed by atoms with E-state index in [1.54, 1.807) is 0 Å². The Morgan fingerprint density at radius 2 is 2.25 bits per heavy atom. The van der Waals surface area contributed by atoms with Gasteiger partial charge in [-0.2, -0.15) is 5.10 Å². The van der Waals surface area contributed by atoms with Gasteiger partial charge >= 0.3 is 0 Å². The van der Waals surface area contributed by atoms with Crippen LogP contribution in [0.4, 0.5) is 0 Å². The van der Waals surface area contributed by atoms with Gasteiger partial charge in [-0.25, -0.2) is 0 Å². The maximum atomic E-state index is 12.4. The maximum absolute atomic E-state index is 12.4. The zero-order valence-corrected chi connectivity index (χ0v) is 10.9. The molecule has 0 aromatic carbocycles. The van der Waals surface area contributed by atoms with Crippen molar-refractivity contribution in [2.24, 2.45) is 10.5 Å². The van der Waals surface area contributed by atoms with Crippen LogP contribution >= 0.6 is 11.8 Å². The molecular weight excluding hydrogens is 222 g/mol. The fourth-order valence-corrected chi connectivity index (χ4v) is 4.71. The number of hydrogen-bond donors (Lipinski definition) is 1. The minimum Gasteiger partial charge on any atom is -0.324 e. The number of rotatable bonds is 0. The number of hydrazone groups is 1. The van der Waals surface area contributed by atoms with Crippen molar-refractivity contribution in [3.63, 3.8) is 0 Å². The van der Waals surface area contributed by atoms with Crippen LogP contribution in [-0.2, 0) is 4.79 Å². The number of nitrogens with one attached hydrogen (secondary N) is 1. The molecule has 0 aliphatic carbocycles. The molecule has 16 heavy (non-hydrogen) atoms. The van der Waals surface area contributed by atoms with Crippen molar-refractivity contribution in [3.8, 4) is 0 Å². The third-order valence-corrected chi connectivity index (χ3v) is 6.18. The van der Waals surface area contributed by atoms with Crippen LogP contribution in [0.1, 0.15) is 27.7 Å². The Morgan fingerprint density at radius 1 is 1.56 bits per heavy atom. The molecule has 1 amide bonds. The maximum Gasteiger partial charge on any atom is 0.240 e. The molecular formula is C11H17N3OS. The molecule has 3 heterocycles. The highest BCUT2D eigenvalue weighted by Crippen LogP contribution is 2.59. The first-order chi connectivity index (χ1) is 7.41. The van der Waals surface area contributed by atoms with Gasteiger partial charge in [-0.1, -0.05) is 0 Å². The van der Waals surface area contributed by atoms with Crippen LogP contribution in [0, 0.1) is 5.41 Å². The first kappa shape index (κ1) is 10.4. The van der Waals surface area contributed by atoms with Crippen molar-refractivity contribution >= 4 is 23.4 Å². The third-order valence-electron chi connectivity index (χ3n) is 4.38. The molecule has 3 rings (SSSR count). The van der Waals surface area contributed by atoms with Crippen LogP contribution < -0.4 is 5.43 Å². The van der Waals surface area contributed by atoms with Gasteiger partial charge in [0, 0.05) is 10.8 Å². The normalized spacial score (nSPS) is 44.1. The van der Waals surface area contributed by atoms with Crippen LogP contribution in [0.25, 0.3) is 0 Å². The summed E-state index contributed by atoms with van der Waals surface area (Å²) in [4.78, 5) is 14.4. The SMILES string of the molecule is CC1=NNCC12C(=O)N1[C@@H](C)C(C)(C)S[C@@H]12. The number of β-lactam (4-membered cyclic amide) rings is 1. The number of carbonyl (C=O) groups excluding carboxylic acids is 1. The predicted octanol–water partition coefficient (Wildman–Crippen LogP) is 1.03. The van der Waals surface area contributed by atoms with E-state index >= 15 is 0 Å². The summed E-state index contributed by atoms with van der Waals surface area (Å²) in [5, 5.41) is 4.48. The van der Waals surface area contributed by atoms with Crippen molar-refractivity contribution in [2.75, 3.05) is 6.54 Å². The summed E-state index contributed by atoms with van der Waals surface area (Å²) < 4.78 is 0.146. The summed E-state index contributed by atoms with van der Waals surface area (Å²) in [6, 6.07) is 0.314. The van der Waals surface area contributed by atoms with Crippen LogP contribution in [0.5, 0.6) is 0 Å². The van der Waals surface area contributed by atoms with Gasteiger partial charge in [-0.3, -0.25) is 4.79 Å². The summed E-state index contributed by atoms with van der Waals surface area (Å²) in [6.45, 7) is 9.22. The molecule has 3 atom stereocenters. The van der Waals surface area contributed by atoms with E-state index in [1.807, 2.05) is 23.6 Å². The molecule has 0 saturated carbocycles. The Hall–Kier alpha value is -0.710. The third kappa shape index (κ3) is 0.898. The van der Waals surface area contributed by atoms with Crippen molar-refractivity contribution < 1.29 is 4.79 Å². The molecule has 4 nitrogen and oxygen atoms in total. The minimum atomic E-state index is -0.341. The average molecular weight is 239 g/mol. The van der Waals surface area contributed by atoms with Crippen LogP contribution in [0.2, 0.25) is 0 Å². The molecule has 1 spiro atoms. The number of nitrogens with zero attached hydrogens (tertiary/aromatic N) is 2. The second kappa shape index (κ2) is 2.75. The molecule has 2 saturated heterocycles. The monoisotopic (exact) mass is 239 g/mol. The second-order valence-corrected chi connectivity index (χ2v) is 7.20. The van der Waals surface area contributed by atoms with E-state index < -0.39 is 0 Å². The molecule has 5 heteroatoms. The van der Waals surface area contributed by atoms with E-state index in [9.17, 15) is 4.79 Å². The number of thioether (sulfide) groups is 1. The molecule has 1 unspecified atom stereocenters. The van der Waals surface area contributed by atoms with Gasteiger partial charge in [0.05, 0.1) is 12.3 Å². The number of carbonyl (C=O) groups is 1. The molecule has 0 aromatic rings. The Bertz CT molecular complexity index is 406. The summed E-state index contributed by atoms with van der Waals surface area (Å²) in [5.74, 6) is 0.259. The highest BCUT2D eigenvalue weighted by atomic mass is 32.2. The Morgan fingerprint density at radius 3 is 2.81 bits per heavy atom. The average Bonchev–Trinajstić information content (AvgIpc) is 2.68. The van der Waals surface area contributed by atoms with Crippen molar-refractivity contribution in [1.82, 2.24) is 10.3 Å². The van der Waals surface area contributed by atoms with Gasteiger partial charge < -0.3 is 10.3 Å². The zero-order chi connectivity index (χ0) is 11.7. The Kier molecular flexibility index (Phi) is 1.80. The summed E-state index contributed by atoms with van der Waals surface area (Å²) in [7, 11) is 0. The molecule has 88 valence electrons. The number of hydrogen-bond acceptors (Lipinski definition) is 4. The van der Waals surface area contributed by atoms with Crippen molar-refractivity contribution in [3.05, 3.63) is 0 Å². The number of fused-ring (bicyclic) bond motifs is 2. The second-order valence-electron chi connectivity index (χ2n) is 5.47. The van der Waals surface area contributed by atoms with Gasteiger partial charge in [0.1, 0.15) is 10.8 Å². The van der Waals surface area contributed by atoms with E-state index in [0.717, 1.165) is 5.71 Å². The van der Waals surface area contributed by atoms with Gasteiger partial charge in [0.2, 0.25) is 5.91 Å². The number of amides is 1. The standard InChI is InChI=1S/C11H17N3OS/c1-6-11(5-12-13-6)8(15)14-7(2)10(3,4)16-9(11)14/h7,9,12H,5H2,1-4H3/t7-,9+,11?/m0/s1. The quantitative estimate of drug-likeness (QED) is 0.642. The van der Waals surface area contributed by atoms with Crippen molar-refractivity contribution in [2.45, 2.75) is 43.9 Å². The first-order valence-electron chi connectivity index (χ1n) is 5.69. The summed E-state index contributed by atoms with van der Waals surface area (Å²) in [5.41, 5.74) is 3.59. The fraction of sp³-hybridized carbons (Fsp3) is 0.818. The van der Waals surface area contributed by atoms with Gasteiger partial charge in [0.25, 0.3) is 0 Å². The van der Waals surface area contributed by atoms with Gasteiger partial charge in [-0.05, 0) is 27.7 Å². The van der Waals surface area contributed by atoms with Crippen LogP contribution in [0.3, 0.4) is 0 Å². The lowest BCUT2D eigenvalue weighted by Crippen LogP contribution is -2.71. The van der Waals surface area contributed by atoms with E-state index in [0.29, 0.717) is 12.6 Å². The van der Waals surface area contributed by atoms with E-state index in [2.05, 4.69) is 31.3 Å². The van der Waals surface area contributed by atoms with E-state index in [4.69, 9.17) is 0 Å². The lowest BCUT2D eigenvalue weighted by molar-refractivity contribution is -0.157. The summed E-state index contributed by atoms with van der Waals surface area (Å²) in [6.07, 6.45) is 0. The zero-order valence-electron chi connectivity index (χ0n) is 10.1. The molecule has 2 fully saturated rings. The van der Waals surface area contributed by atoms with Crippen molar-refractivity contribution in [1.29, 1.82) is 0 Å². The molecule has 0 radical (unpaired) electrons. The van der Waals surface area contributed by atoms with Gasteiger partial charge in [-0.15, -0.1) is 11.8 Å². The van der Waals surface area contributed by atoms with Crippen LogP contribution in [-0.4, -0.2) is 39.2 Å². The Balaban J connectivity index is 2.00. The summed E-state index contributed by atoms with van der Waals surface area (Å²) >= 11 is 1.91. The lowest BCUT2D eigenvalue weighted by atomic mass is 9.74. The van der Waals surface area contributed by atoms with Gasteiger partial charge in [0.15, 0.2) is 0 Å². The minimum absolute atomic E-state index is 0.146. The van der Waals surface area contributed by atoms with E-state index in [-0.39, 0.29) is 21.4 Å². The topological polar surface area (TPSA) is 44.7 Å². The molecule has 0 bridgehead atoms. The smallest absolute Gasteiger partial charge is 0.240 e. The predicted molar refractivity (Wildman–Crippen MR) is 65.3 cm³/mol. The molecule has 3 aliphatic rings. The first-order valence-corrected chi connectivity index (χ1v) is 6.57. The highest BCUT2D eigenvalue weighted by Gasteiger charge is 2.70. The van der Waals surface area contributed by atoms with Crippen LogP contribution in [0.15, 0.2) is 5.10 Å². The molecule has 0 aromatic heterocycles.